The highest BCUT2D eigenvalue weighted by atomic mass is 16.1. The van der Waals surface area contributed by atoms with Crippen molar-refractivity contribution in [2.24, 2.45) is 5.73 Å². The smallest absolute Gasteiger partial charge is 0.249 e. The van der Waals surface area contributed by atoms with Crippen molar-refractivity contribution in [2.45, 2.75) is 33.6 Å². The van der Waals surface area contributed by atoms with Crippen molar-refractivity contribution in [2.75, 3.05) is 14.1 Å². The lowest BCUT2D eigenvalue weighted by atomic mass is 9.93. The second-order valence-electron chi connectivity index (χ2n) is 4.54. The molecule has 2 N–H and O–H groups in total. The van der Waals surface area contributed by atoms with Crippen LogP contribution < -0.4 is 5.73 Å². The molecule has 0 saturated carbocycles. The number of primary amides is 1. The highest BCUT2D eigenvalue weighted by Gasteiger charge is 2.12. The third-order valence-corrected chi connectivity index (χ3v) is 2.81. The molecule has 0 spiro atoms. The average Bonchev–Trinajstić information content (AvgIpc) is 2.38. The van der Waals surface area contributed by atoms with E-state index < -0.39 is 0 Å². The van der Waals surface area contributed by atoms with Crippen molar-refractivity contribution in [1.82, 2.24) is 4.90 Å². The zero-order valence-electron chi connectivity index (χ0n) is 12.5. The van der Waals surface area contributed by atoms with Gasteiger partial charge in [-0.15, -0.1) is 0 Å². The maximum absolute atomic E-state index is 11.3. The van der Waals surface area contributed by atoms with Crippen LogP contribution in [0.5, 0.6) is 0 Å². The van der Waals surface area contributed by atoms with Crippen LogP contribution in [0.4, 0.5) is 0 Å². The molecule has 0 fully saturated rings. The summed E-state index contributed by atoms with van der Waals surface area (Å²) in [5.41, 5.74) is 9.41. The van der Waals surface area contributed by atoms with Gasteiger partial charge in [0.15, 0.2) is 0 Å². The third-order valence-electron chi connectivity index (χ3n) is 2.81. The number of aryl methyl sites for hydroxylation is 2. The molecule has 0 atom stereocenters. The summed E-state index contributed by atoms with van der Waals surface area (Å²) in [5.74, 6) is -0.311. The van der Waals surface area contributed by atoms with Crippen molar-refractivity contribution in [3.05, 3.63) is 34.4 Å². The van der Waals surface area contributed by atoms with E-state index >= 15 is 0 Å². The van der Waals surface area contributed by atoms with Crippen LogP contribution in [0.15, 0.2) is 12.1 Å². The predicted octanol–water partition coefficient (Wildman–Crippen LogP) is 1.92. The van der Waals surface area contributed by atoms with Gasteiger partial charge in [-0.2, -0.15) is 0 Å². The SMILES string of the molecule is CCc1ccc(C)c(C(N)=O)c1CC.CN(C)C=O. The summed E-state index contributed by atoms with van der Waals surface area (Å²) in [6.07, 6.45) is 2.56. The molecule has 4 heteroatoms. The lowest BCUT2D eigenvalue weighted by molar-refractivity contribution is -0.115. The molecule has 19 heavy (non-hydrogen) atoms. The summed E-state index contributed by atoms with van der Waals surface area (Å²) in [6.45, 7) is 6.08. The van der Waals surface area contributed by atoms with Crippen molar-refractivity contribution >= 4 is 12.3 Å². The molecule has 0 heterocycles. The molecule has 0 radical (unpaired) electrons. The Morgan fingerprint density at radius 3 is 2.11 bits per heavy atom. The molecule has 4 nitrogen and oxygen atoms in total. The number of nitrogens with two attached hydrogens (primary N) is 1. The fourth-order valence-electron chi connectivity index (χ4n) is 1.89. The van der Waals surface area contributed by atoms with Crippen molar-refractivity contribution < 1.29 is 9.59 Å². The van der Waals surface area contributed by atoms with Crippen molar-refractivity contribution in [1.29, 1.82) is 0 Å². The van der Waals surface area contributed by atoms with Crippen LogP contribution in [0.2, 0.25) is 0 Å². The van der Waals surface area contributed by atoms with Gasteiger partial charge in [-0.1, -0.05) is 26.0 Å². The molecule has 0 aliphatic carbocycles. The molecule has 1 aromatic rings. The molecule has 0 aliphatic heterocycles. The molecule has 0 unspecified atom stereocenters. The number of benzene rings is 1. The van der Waals surface area contributed by atoms with Crippen molar-refractivity contribution in [3.8, 4) is 0 Å². The lowest BCUT2D eigenvalue weighted by Crippen LogP contribution is -2.16. The van der Waals surface area contributed by atoms with E-state index in [0.717, 1.165) is 30.4 Å². The standard InChI is InChI=1S/C12H17NO.C3H7NO/c1-4-9-7-6-8(3)11(12(13)14)10(9)5-2;1-4(2)3-5/h6-7H,4-5H2,1-3H3,(H2,13,14);3H,1-2H3. The molecule has 1 aromatic carbocycles. The van der Waals surface area contributed by atoms with Crippen LogP contribution in [0.3, 0.4) is 0 Å². The first-order valence-corrected chi connectivity index (χ1v) is 6.41. The summed E-state index contributed by atoms with van der Waals surface area (Å²) < 4.78 is 0. The highest BCUT2D eigenvalue weighted by molar-refractivity contribution is 5.96. The molecule has 0 aliphatic rings. The summed E-state index contributed by atoms with van der Waals surface area (Å²) >= 11 is 0. The Kier molecular flexibility index (Phi) is 7.49. The van der Waals surface area contributed by atoms with Crippen LogP contribution in [-0.4, -0.2) is 31.3 Å². The third kappa shape index (κ3) is 5.12. The Balaban J connectivity index is 0.000000555. The van der Waals surface area contributed by atoms with Crippen LogP contribution in [-0.2, 0) is 17.6 Å². The largest absolute Gasteiger partial charge is 0.366 e. The van der Waals surface area contributed by atoms with Crippen LogP contribution in [0.25, 0.3) is 0 Å². The summed E-state index contributed by atoms with van der Waals surface area (Å²) in [5, 5.41) is 0. The molecule has 106 valence electrons. The van der Waals surface area contributed by atoms with Gasteiger partial charge in [0.05, 0.1) is 0 Å². The van der Waals surface area contributed by atoms with Crippen LogP contribution in [0, 0.1) is 6.92 Å². The number of carbonyl (C=O) groups excluding carboxylic acids is 2. The van der Waals surface area contributed by atoms with E-state index in [4.69, 9.17) is 5.73 Å². The Morgan fingerprint density at radius 2 is 1.79 bits per heavy atom. The maximum atomic E-state index is 11.3. The molecular weight excluding hydrogens is 240 g/mol. The summed E-state index contributed by atoms with van der Waals surface area (Å²) in [4.78, 5) is 22.2. The van der Waals surface area contributed by atoms with E-state index in [0.29, 0.717) is 5.56 Å². The summed E-state index contributed by atoms with van der Waals surface area (Å²) in [7, 11) is 3.38. The second-order valence-corrected chi connectivity index (χ2v) is 4.54. The van der Waals surface area contributed by atoms with Gasteiger partial charge in [0.2, 0.25) is 12.3 Å². The van der Waals surface area contributed by atoms with Gasteiger partial charge in [0.25, 0.3) is 0 Å². The van der Waals surface area contributed by atoms with E-state index in [9.17, 15) is 9.59 Å². The van der Waals surface area contributed by atoms with E-state index in [1.54, 1.807) is 14.1 Å². The minimum absolute atomic E-state index is 0.311. The maximum Gasteiger partial charge on any atom is 0.249 e. The first kappa shape index (κ1) is 17.2. The average molecular weight is 264 g/mol. The van der Waals surface area contributed by atoms with E-state index in [1.807, 2.05) is 13.0 Å². The van der Waals surface area contributed by atoms with Crippen LogP contribution in [0.1, 0.15) is 40.9 Å². The first-order chi connectivity index (χ1) is 8.88. The van der Waals surface area contributed by atoms with Gasteiger partial charge >= 0.3 is 0 Å². The summed E-state index contributed by atoms with van der Waals surface area (Å²) in [6, 6.07) is 4.05. The Bertz CT molecular complexity index is 440. The van der Waals surface area contributed by atoms with Gasteiger partial charge in [-0.25, -0.2) is 0 Å². The molecule has 0 saturated heterocycles. The van der Waals surface area contributed by atoms with Gasteiger partial charge in [-0.05, 0) is 36.5 Å². The first-order valence-electron chi connectivity index (χ1n) is 6.41. The van der Waals surface area contributed by atoms with Gasteiger partial charge < -0.3 is 10.6 Å². The molecule has 1 rings (SSSR count). The lowest BCUT2D eigenvalue weighted by Gasteiger charge is -2.12. The second kappa shape index (κ2) is 8.29. The minimum atomic E-state index is -0.311. The Hall–Kier alpha value is -1.84. The zero-order chi connectivity index (χ0) is 15.0. The van der Waals surface area contributed by atoms with Gasteiger partial charge in [-0.3, -0.25) is 9.59 Å². The molecular formula is C15H24N2O2. The topological polar surface area (TPSA) is 63.4 Å². The number of hydrogen-bond donors (Lipinski definition) is 1. The van der Waals surface area contributed by atoms with Gasteiger partial charge in [0.1, 0.15) is 0 Å². The fraction of sp³-hybridized carbons (Fsp3) is 0.467. The zero-order valence-corrected chi connectivity index (χ0v) is 12.5. The Labute approximate surface area is 115 Å². The normalized spacial score (nSPS) is 9.32. The van der Waals surface area contributed by atoms with Gasteiger partial charge in [0, 0.05) is 19.7 Å². The number of nitrogens with zero attached hydrogens (tertiary/aromatic N) is 1. The van der Waals surface area contributed by atoms with E-state index in [1.165, 1.54) is 10.5 Å². The quantitative estimate of drug-likeness (QED) is 0.844. The van der Waals surface area contributed by atoms with Crippen molar-refractivity contribution in [3.63, 3.8) is 0 Å². The van der Waals surface area contributed by atoms with Crippen LogP contribution >= 0.6 is 0 Å². The number of rotatable bonds is 4. The number of hydrogen-bond acceptors (Lipinski definition) is 2. The minimum Gasteiger partial charge on any atom is -0.366 e. The monoisotopic (exact) mass is 264 g/mol. The number of amides is 2. The fourth-order valence-corrected chi connectivity index (χ4v) is 1.89. The van der Waals surface area contributed by atoms with E-state index in [-0.39, 0.29) is 5.91 Å². The predicted molar refractivity (Wildman–Crippen MR) is 78.2 cm³/mol. The molecule has 0 bridgehead atoms. The Morgan fingerprint density at radius 1 is 1.26 bits per heavy atom. The molecule has 2 amide bonds. The number of carbonyl (C=O) groups is 2. The molecule has 0 aromatic heterocycles. The van der Waals surface area contributed by atoms with E-state index in [2.05, 4.69) is 19.9 Å². The highest BCUT2D eigenvalue weighted by Crippen LogP contribution is 2.19.